The average molecular weight is 320 g/mol. The summed E-state index contributed by atoms with van der Waals surface area (Å²) in [5.74, 6) is -0.405. The molecule has 0 aliphatic carbocycles. The largest absolute Gasteiger partial charge is 0.377 e. The lowest BCUT2D eigenvalue weighted by atomic mass is 10.2. The van der Waals surface area contributed by atoms with E-state index in [1.807, 2.05) is 13.8 Å². The van der Waals surface area contributed by atoms with Crippen LogP contribution in [0.5, 0.6) is 0 Å². The number of nitrogens with zero attached hydrogens (tertiary/aromatic N) is 1. The average Bonchev–Trinajstić information content (AvgIpc) is 2.36. The van der Waals surface area contributed by atoms with Crippen LogP contribution >= 0.6 is 10.7 Å². The fraction of sp³-hybridized carbons (Fsp3) is 0.462. The van der Waals surface area contributed by atoms with Crippen molar-refractivity contribution in [1.82, 2.24) is 4.90 Å². The highest BCUT2D eigenvalue weighted by Crippen LogP contribution is 2.20. The van der Waals surface area contributed by atoms with E-state index in [-0.39, 0.29) is 16.6 Å². The van der Waals surface area contributed by atoms with Crippen molar-refractivity contribution in [3.63, 3.8) is 0 Å². The molecule has 1 amide bonds. The molecule has 112 valence electrons. The van der Waals surface area contributed by atoms with Crippen LogP contribution in [0.3, 0.4) is 0 Å². The maximum absolute atomic E-state index is 12.2. The maximum atomic E-state index is 12.2. The molecule has 1 aromatic rings. The van der Waals surface area contributed by atoms with Crippen LogP contribution < -0.4 is 0 Å². The van der Waals surface area contributed by atoms with E-state index in [9.17, 15) is 13.2 Å². The van der Waals surface area contributed by atoms with Gasteiger partial charge in [-0.1, -0.05) is 12.1 Å². The molecule has 5 nitrogen and oxygen atoms in total. The number of rotatable bonds is 6. The van der Waals surface area contributed by atoms with Crippen LogP contribution in [0.2, 0.25) is 0 Å². The van der Waals surface area contributed by atoms with E-state index in [4.69, 9.17) is 15.4 Å². The van der Waals surface area contributed by atoms with Crippen LogP contribution in [-0.2, 0) is 13.8 Å². The Morgan fingerprint density at radius 3 is 2.50 bits per heavy atom. The SMILES string of the molecule is CC(C)OCCN(C)C(=O)c1ccccc1S(=O)(=O)Cl. The van der Waals surface area contributed by atoms with Crippen molar-refractivity contribution in [2.45, 2.75) is 24.8 Å². The first kappa shape index (κ1) is 16.9. The molecule has 0 spiro atoms. The summed E-state index contributed by atoms with van der Waals surface area (Å²) in [6.07, 6.45) is 0.0778. The number of likely N-dealkylation sites (N-methyl/N-ethyl adjacent to an activating group) is 1. The number of carbonyl (C=O) groups is 1. The summed E-state index contributed by atoms with van der Waals surface area (Å²) >= 11 is 0. The number of ether oxygens (including phenoxy) is 1. The lowest BCUT2D eigenvalue weighted by molar-refractivity contribution is 0.0530. The molecule has 0 heterocycles. The Hall–Kier alpha value is -1.11. The van der Waals surface area contributed by atoms with Crippen molar-refractivity contribution < 1.29 is 17.9 Å². The first-order chi connectivity index (χ1) is 9.23. The lowest BCUT2D eigenvalue weighted by Crippen LogP contribution is -2.31. The number of hydrogen-bond donors (Lipinski definition) is 0. The van der Waals surface area contributed by atoms with Crippen molar-refractivity contribution in [2.24, 2.45) is 0 Å². The van der Waals surface area contributed by atoms with Crippen LogP contribution in [0.15, 0.2) is 29.2 Å². The minimum atomic E-state index is -3.95. The highest BCUT2D eigenvalue weighted by molar-refractivity contribution is 8.13. The Kier molecular flexibility index (Phi) is 5.98. The second-order valence-corrected chi connectivity index (χ2v) is 7.11. The summed E-state index contributed by atoms with van der Waals surface area (Å²) in [6, 6.07) is 5.87. The fourth-order valence-electron chi connectivity index (χ4n) is 1.59. The third-order valence-corrected chi connectivity index (χ3v) is 3.98. The first-order valence-electron chi connectivity index (χ1n) is 6.14. The summed E-state index contributed by atoms with van der Waals surface area (Å²) in [4.78, 5) is 13.5. The number of amides is 1. The van der Waals surface area contributed by atoms with Gasteiger partial charge in [-0.25, -0.2) is 8.42 Å². The molecule has 0 radical (unpaired) electrons. The van der Waals surface area contributed by atoms with Crippen molar-refractivity contribution in [3.8, 4) is 0 Å². The molecule has 0 aromatic heterocycles. The zero-order valence-corrected chi connectivity index (χ0v) is 13.2. The Balaban J connectivity index is 2.87. The summed E-state index contributed by atoms with van der Waals surface area (Å²) in [7, 11) is 2.97. The smallest absolute Gasteiger partial charge is 0.262 e. The van der Waals surface area contributed by atoms with E-state index in [0.29, 0.717) is 13.2 Å². The Bertz CT molecular complexity index is 571. The predicted octanol–water partition coefficient (Wildman–Crippen LogP) is 2.11. The Morgan fingerprint density at radius 2 is 1.95 bits per heavy atom. The number of halogens is 1. The summed E-state index contributed by atoms with van der Waals surface area (Å²) in [5, 5.41) is 0. The fourth-order valence-corrected chi connectivity index (χ4v) is 2.65. The van der Waals surface area contributed by atoms with Gasteiger partial charge in [-0.3, -0.25) is 4.79 Å². The highest BCUT2D eigenvalue weighted by Gasteiger charge is 2.22. The molecule has 0 unspecified atom stereocenters. The third kappa shape index (κ3) is 4.77. The van der Waals surface area contributed by atoms with Gasteiger partial charge in [0.15, 0.2) is 0 Å². The summed E-state index contributed by atoms with van der Waals surface area (Å²) in [5.41, 5.74) is 0.0644. The monoisotopic (exact) mass is 319 g/mol. The van der Waals surface area contributed by atoms with Gasteiger partial charge in [0.25, 0.3) is 15.0 Å². The molecular formula is C13H18ClNO4S. The quantitative estimate of drug-likeness (QED) is 0.753. The molecule has 20 heavy (non-hydrogen) atoms. The Labute approximate surface area is 123 Å². The van der Waals surface area contributed by atoms with Gasteiger partial charge in [0.1, 0.15) is 0 Å². The van der Waals surface area contributed by atoms with Gasteiger partial charge in [-0.2, -0.15) is 0 Å². The first-order valence-corrected chi connectivity index (χ1v) is 8.45. The maximum Gasteiger partial charge on any atom is 0.262 e. The zero-order chi connectivity index (χ0) is 15.3. The van der Waals surface area contributed by atoms with Gasteiger partial charge in [0.05, 0.1) is 23.2 Å². The normalized spacial score (nSPS) is 11.7. The van der Waals surface area contributed by atoms with E-state index >= 15 is 0 Å². The van der Waals surface area contributed by atoms with Crippen molar-refractivity contribution in [3.05, 3.63) is 29.8 Å². The minimum absolute atomic E-state index is 0.0644. The lowest BCUT2D eigenvalue weighted by Gasteiger charge is -2.19. The Morgan fingerprint density at radius 1 is 1.35 bits per heavy atom. The second-order valence-electron chi connectivity index (χ2n) is 4.58. The van der Waals surface area contributed by atoms with E-state index in [0.717, 1.165) is 0 Å². The number of hydrogen-bond acceptors (Lipinski definition) is 4. The van der Waals surface area contributed by atoms with E-state index in [1.165, 1.54) is 23.1 Å². The molecule has 0 N–H and O–H groups in total. The molecule has 0 saturated carbocycles. The van der Waals surface area contributed by atoms with Gasteiger partial charge < -0.3 is 9.64 Å². The minimum Gasteiger partial charge on any atom is -0.377 e. The molecule has 1 aromatic carbocycles. The van der Waals surface area contributed by atoms with Gasteiger partial charge in [-0.05, 0) is 26.0 Å². The standard InChI is InChI=1S/C13H18ClNO4S/c1-10(2)19-9-8-15(3)13(16)11-6-4-5-7-12(11)20(14,17)18/h4-7,10H,8-9H2,1-3H3. The van der Waals surface area contributed by atoms with Crippen LogP contribution in [-0.4, -0.2) is 45.5 Å². The third-order valence-electron chi connectivity index (χ3n) is 2.60. The molecule has 1 rings (SSSR count). The highest BCUT2D eigenvalue weighted by atomic mass is 35.7. The molecular weight excluding hydrogens is 302 g/mol. The van der Waals surface area contributed by atoms with Gasteiger partial charge in [0.2, 0.25) is 0 Å². The molecule has 0 aliphatic heterocycles. The molecule has 0 fully saturated rings. The van der Waals surface area contributed by atoms with Crippen molar-refractivity contribution in [1.29, 1.82) is 0 Å². The second kappa shape index (κ2) is 7.06. The summed E-state index contributed by atoms with van der Waals surface area (Å²) < 4.78 is 28.3. The van der Waals surface area contributed by atoms with Crippen molar-refractivity contribution >= 4 is 25.6 Å². The van der Waals surface area contributed by atoms with Crippen LogP contribution in [0, 0.1) is 0 Å². The van der Waals surface area contributed by atoms with Gasteiger partial charge in [0, 0.05) is 24.3 Å². The molecule has 7 heteroatoms. The van der Waals surface area contributed by atoms with E-state index < -0.39 is 15.0 Å². The number of benzene rings is 1. The predicted molar refractivity (Wildman–Crippen MR) is 77.5 cm³/mol. The van der Waals surface area contributed by atoms with Gasteiger partial charge >= 0.3 is 0 Å². The van der Waals surface area contributed by atoms with Crippen LogP contribution in [0.4, 0.5) is 0 Å². The molecule has 0 saturated heterocycles. The molecule has 0 aliphatic rings. The van der Waals surface area contributed by atoms with E-state index in [1.54, 1.807) is 13.1 Å². The van der Waals surface area contributed by atoms with Crippen molar-refractivity contribution in [2.75, 3.05) is 20.2 Å². The molecule has 0 bridgehead atoms. The summed E-state index contributed by atoms with van der Waals surface area (Å²) in [6.45, 7) is 4.55. The topological polar surface area (TPSA) is 63.7 Å². The van der Waals surface area contributed by atoms with E-state index in [2.05, 4.69) is 0 Å². The molecule has 0 atom stereocenters. The van der Waals surface area contributed by atoms with Crippen LogP contribution in [0.1, 0.15) is 24.2 Å². The zero-order valence-electron chi connectivity index (χ0n) is 11.7. The van der Waals surface area contributed by atoms with Crippen LogP contribution in [0.25, 0.3) is 0 Å². The van der Waals surface area contributed by atoms with Gasteiger partial charge in [-0.15, -0.1) is 0 Å². The number of carbonyl (C=O) groups excluding carboxylic acids is 1.